The highest BCUT2D eigenvalue weighted by atomic mass is 32.1. The van der Waals surface area contributed by atoms with Crippen LogP contribution in [0.5, 0.6) is 0 Å². The van der Waals surface area contributed by atoms with Gasteiger partial charge in [0.25, 0.3) is 5.91 Å². The van der Waals surface area contributed by atoms with Gasteiger partial charge in [-0.25, -0.2) is 4.98 Å². The van der Waals surface area contributed by atoms with Crippen molar-refractivity contribution in [2.75, 3.05) is 5.32 Å². The molecule has 0 aliphatic rings. The molecule has 0 atom stereocenters. The summed E-state index contributed by atoms with van der Waals surface area (Å²) in [5.41, 5.74) is 1.80. The Labute approximate surface area is 124 Å². The van der Waals surface area contributed by atoms with Crippen LogP contribution in [0.2, 0.25) is 0 Å². The highest BCUT2D eigenvalue weighted by molar-refractivity contribution is 7.13. The summed E-state index contributed by atoms with van der Waals surface area (Å²) in [6.07, 6.45) is 4.94. The van der Waals surface area contributed by atoms with Crippen LogP contribution in [0.15, 0.2) is 47.6 Å². The molecule has 0 saturated carbocycles. The first-order chi connectivity index (χ1) is 10.3. The van der Waals surface area contributed by atoms with E-state index >= 15 is 0 Å². The van der Waals surface area contributed by atoms with E-state index in [0.717, 1.165) is 16.5 Å². The van der Waals surface area contributed by atoms with Crippen LogP contribution in [-0.4, -0.2) is 15.9 Å². The fraction of sp³-hybridized carbons (Fsp3) is 0. The molecule has 0 bridgehead atoms. The number of nitrogens with one attached hydrogen (secondary N) is 2. The summed E-state index contributed by atoms with van der Waals surface area (Å²) >= 11 is 1.30. The summed E-state index contributed by atoms with van der Waals surface area (Å²) in [6, 6.07) is 9.64. The van der Waals surface area contributed by atoms with E-state index in [1.54, 1.807) is 23.8 Å². The molecule has 0 radical (unpaired) electrons. The van der Waals surface area contributed by atoms with Crippen molar-refractivity contribution in [3.63, 3.8) is 0 Å². The standard InChI is InChI=1S/C15H10N4OS/c16-8-10(14(20)19-15-17-5-6-21-15)7-11-9-18-13-4-2-1-3-12(11)13/h1-7,9,18H,(H,17,19,20). The summed E-state index contributed by atoms with van der Waals surface area (Å²) < 4.78 is 0. The zero-order chi connectivity index (χ0) is 14.7. The normalized spacial score (nSPS) is 11.3. The Balaban J connectivity index is 1.92. The first-order valence-corrected chi connectivity index (χ1v) is 7.04. The van der Waals surface area contributed by atoms with Gasteiger partial charge in [0.05, 0.1) is 0 Å². The summed E-state index contributed by atoms with van der Waals surface area (Å²) in [6.45, 7) is 0. The molecule has 2 aromatic heterocycles. The fourth-order valence-corrected chi connectivity index (χ4v) is 2.49. The molecule has 0 aliphatic carbocycles. The molecule has 0 unspecified atom stereocenters. The van der Waals surface area contributed by atoms with Gasteiger partial charge >= 0.3 is 0 Å². The zero-order valence-corrected chi connectivity index (χ0v) is 11.6. The van der Waals surface area contributed by atoms with E-state index in [-0.39, 0.29) is 5.57 Å². The van der Waals surface area contributed by atoms with E-state index in [4.69, 9.17) is 0 Å². The van der Waals surface area contributed by atoms with Gasteiger partial charge in [0.15, 0.2) is 5.13 Å². The smallest absolute Gasteiger partial charge is 0.268 e. The lowest BCUT2D eigenvalue weighted by Gasteiger charge is -1.99. The molecule has 2 N–H and O–H groups in total. The number of rotatable bonds is 3. The molecule has 0 spiro atoms. The van der Waals surface area contributed by atoms with Crippen LogP contribution in [0.1, 0.15) is 5.56 Å². The second-order valence-corrected chi connectivity index (χ2v) is 5.15. The maximum absolute atomic E-state index is 12.1. The molecule has 6 heteroatoms. The monoisotopic (exact) mass is 294 g/mol. The average Bonchev–Trinajstić information content (AvgIpc) is 3.14. The van der Waals surface area contributed by atoms with Gasteiger partial charge in [-0.3, -0.25) is 10.1 Å². The van der Waals surface area contributed by atoms with Crippen LogP contribution >= 0.6 is 11.3 Å². The van der Waals surface area contributed by atoms with Crippen LogP contribution in [0.3, 0.4) is 0 Å². The highest BCUT2D eigenvalue weighted by Gasteiger charge is 2.12. The van der Waals surface area contributed by atoms with Gasteiger partial charge in [-0.15, -0.1) is 11.3 Å². The number of aromatic nitrogens is 2. The third-order valence-electron chi connectivity index (χ3n) is 2.94. The van der Waals surface area contributed by atoms with Crippen molar-refractivity contribution in [2.24, 2.45) is 0 Å². The van der Waals surface area contributed by atoms with Crippen molar-refractivity contribution in [1.29, 1.82) is 5.26 Å². The van der Waals surface area contributed by atoms with Crippen molar-refractivity contribution >= 4 is 39.4 Å². The molecule has 1 amide bonds. The topological polar surface area (TPSA) is 81.6 Å². The quantitative estimate of drug-likeness (QED) is 0.575. The van der Waals surface area contributed by atoms with Gasteiger partial charge in [-0.05, 0) is 12.1 Å². The number of benzene rings is 1. The summed E-state index contributed by atoms with van der Waals surface area (Å²) in [4.78, 5) is 19.1. The zero-order valence-electron chi connectivity index (χ0n) is 10.8. The number of aromatic amines is 1. The molecule has 0 saturated heterocycles. The second kappa shape index (κ2) is 5.61. The van der Waals surface area contributed by atoms with Gasteiger partial charge in [0, 0.05) is 34.2 Å². The number of nitrogens with zero attached hydrogens (tertiary/aromatic N) is 2. The van der Waals surface area contributed by atoms with Gasteiger partial charge in [0.2, 0.25) is 0 Å². The van der Waals surface area contributed by atoms with E-state index in [0.29, 0.717) is 5.13 Å². The molecule has 5 nitrogen and oxygen atoms in total. The highest BCUT2D eigenvalue weighted by Crippen LogP contribution is 2.21. The minimum atomic E-state index is -0.460. The number of hydrogen-bond donors (Lipinski definition) is 2. The number of carbonyl (C=O) groups excluding carboxylic acids is 1. The Morgan fingerprint density at radius 3 is 3.05 bits per heavy atom. The molecule has 3 rings (SSSR count). The van der Waals surface area contributed by atoms with Gasteiger partial charge in [-0.2, -0.15) is 5.26 Å². The molecule has 102 valence electrons. The van der Waals surface area contributed by atoms with Crippen molar-refractivity contribution in [1.82, 2.24) is 9.97 Å². The first kappa shape index (κ1) is 13.1. The molecular weight excluding hydrogens is 284 g/mol. The predicted molar refractivity (Wildman–Crippen MR) is 82.6 cm³/mol. The SMILES string of the molecule is N#CC(=Cc1c[nH]c2ccccc12)C(=O)Nc1nccs1. The molecule has 3 aromatic rings. The van der Waals surface area contributed by atoms with E-state index in [9.17, 15) is 10.1 Å². The Hall–Kier alpha value is -2.91. The van der Waals surface area contributed by atoms with Gasteiger partial charge in [0.1, 0.15) is 11.6 Å². The Kier molecular flexibility index (Phi) is 3.50. The maximum Gasteiger partial charge on any atom is 0.268 e. The van der Waals surface area contributed by atoms with Crippen molar-refractivity contribution in [2.45, 2.75) is 0 Å². The lowest BCUT2D eigenvalue weighted by molar-refractivity contribution is -0.112. The average molecular weight is 294 g/mol. The fourth-order valence-electron chi connectivity index (χ4n) is 1.97. The number of thiazole rings is 1. The molecule has 2 heterocycles. The maximum atomic E-state index is 12.1. The number of hydrogen-bond acceptors (Lipinski definition) is 4. The number of carbonyl (C=O) groups is 1. The van der Waals surface area contributed by atoms with Crippen LogP contribution in [-0.2, 0) is 4.79 Å². The minimum Gasteiger partial charge on any atom is -0.361 e. The van der Waals surface area contributed by atoms with Gasteiger partial charge < -0.3 is 4.98 Å². The minimum absolute atomic E-state index is 0.0370. The van der Waals surface area contributed by atoms with Crippen LogP contribution < -0.4 is 5.32 Å². The number of amides is 1. The largest absolute Gasteiger partial charge is 0.361 e. The first-order valence-electron chi connectivity index (χ1n) is 6.16. The summed E-state index contributed by atoms with van der Waals surface area (Å²) in [5, 5.41) is 15.0. The van der Waals surface area contributed by atoms with E-state index in [2.05, 4.69) is 15.3 Å². The second-order valence-electron chi connectivity index (χ2n) is 4.25. The van der Waals surface area contributed by atoms with Crippen LogP contribution in [0.25, 0.3) is 17.0 Å². The summed E-state index contributed by atoms with van der Waals surface area (Å²) in [7, 11) is 0. The van der Waals surface area contributed by atoms with E-state index in [1.807, 2.05) is 30.3 Å². The third-order valence-corrected chi connectivity index (χ3v) is 3.63. The number of anilines is 1. The Morgan fingerprint density at radius 1 is 1.43 bits per heavy atom. The van der Waals surface area contributed by atoms with E-state index < -0.39 is 5.91 Å². The van der Waals surface area contributed by atoms with Crippen LogP contribution in [0.4, 0.5) is 5.13 Å². The van der Waals surface area contributed by atoms with Crippen LogP contribution in [0, 0.1) is 11.3 Å². The molecule has 1 aromatic carbocycles. The molecule has 0 fully saturated rings. The number of fused-ring (bicyclic) bond motifs is 1. The lowest BCUT2D eigenvalue weighted by atomic mass is 10.1. The van der Waals surface area contributed by atoms with Gasteiger partial charge in [-0.1, -0.05) is 18.2 Å². The Morgan fingerprint density at radius 2 is 2.29 bits per heavy atom. The van der Waals surface area contributed by atoms with Crippen molar-refractivity contribution < 1.29 is 4.79 Å². The van der Waals surface area contributed by atoms with Crippen molar-refractivity contribution in [3.8, 4) is 6.07 Å². The molecular formula is C15H10N4OS. The lowest BCUT2D eigenvalue weighted by Crippen LogP contribution is -2.13. The van der Waals surface area contributed by atoms with Crippen molar-refractivity contribution in [3.05, 3.63) is 53.2 Å². The number of nitriles is 1. The molecule has 0 aliphatic heterocycles. The Bertz CT molecular complexity index is 855. The number of H-pyrrole nitrogens is 1. The number of para-hydroxylation sites is 1. The van der Waals surface area contributed by atoms with E-state index in [1.165, 1.54) is 11.3 Å². The summed E-state index contributed by atoms with van der Waals surface area (Å²) in [5.74, 6) is -0.460. The molecule has 21 heavy (non-hydrogen) atoms. The predicted octanol–water partition coefficient (Wildman–Crippen LogP) is 3.17. The third kappa shape index (κ3) is 2.68.